The highest BCUT2D eigenvalue weighted by Crippen LogP contribution is 2.30. The minimum atomic E-state index is -1.01. The van der Waals surface area contributed by atoms with Gasteiger partial charge in [-0.2, -0.15) is 0 Å². The van der Waals surface area contributed by atoms with Gasteiger partial charge in [0.2, 0.25) is 0 Å². The molecule has 0 radical (unpaired) electrons. The summed E-state index contributed by atoms with van der Waals surface area (Å²) in [6, 6.07) is 13.5. The van der Waals surface area contributed by atoms with Crippen LogP contribution in [0.3, 0.4) is 0 Å². The number of amides is 2. The first-order valence-corrected chi connectivity index (χ1v) is 10.7. The zero-order valence-electron chi connectivity index (χ0n) is 20.4. The molecular formula is C25H32N2O7. The Morgan fingerprint density at radius 2 is 1.65 bits per heavy atom. The maximum atomic E-state index is 12.3. The van der Waals surface area contributed by atoms with E-state index >= 15 is 0 Å². The number of hydrogen-bond acceptors (Lipinski definition) is 7. The zero-order chi connectivity index (χ0) is 25.3. The van der Waals surface area contributed by atoms with Gasteiger partial charge in [0.25, 0.3) is 0 Å². The largest absolute Gasteiger partial charge is 0.485 e. The van der Waals surface area contributed by atoms with Gasteiger partial charge in [0, 0.05) is 20.5 Å². The summed E-state index contributed by atoms with van der Waals surface area (Å²) in [7, 11) is 4.36. The van der Waals surface area contributed by atoms with Crippen molar-refractivity contribution in [1.82, 2.24) is 10.2 Å². The molecule has 0 aliphatic heterocycles. The van der Waals surface area contributed by atoms with Gasteiger partial charge in [-0.1, -0.05) is 36.4 Å². The highest BCUT2D eigenvalue weighted by atomic mass is 16.6. The Morgan fingerprint density at radius 3 is 2.24 bits per heavy atom. The Labute approximate surface area is 199 Å². The average molecular weight is 473 g/mol. The van der Waals surface area contributed by atoms with Crippen molar-refractivity contribution >= 4 is 18.2 Å². The molecule has 184 valence electrons. The molecule has 9 heteroatoms. The van der Waals surface area contributed by atoms with Crippen LogP contribution in [0.2, 0.25) is 0 Å². The minimum Gasteiger partial charge on any atom is -0.485 e. The summed E-state index contributed by atoms with van der Waals surface area (Å²) < 4.78 is 21.4. The summed E-state index contributed by atoms with van der Waals surface area (Å²) in [6.07, 6.45) is -1.25. The maximum absolute atomic E-state index is 12.3. The van der Waals surface area contributed by atoms with Crippen molar-refractivity contribution in [2.45, 2.75) is 45.4 Å². The Balaban J connectivity index is 2.25. The Morgan fingerprint density at radius 1 is 0.971 bits per heavy atom. The summed E-state index contributed by atoms with van der Waals surface area (Å²) in [5.41, 5.74) is 0.833. The molecule has 0 aliphatic carbocycles. The average Bonchev–Trinajstić information content (AvgIpc) is 2.76. The summed E-state index contributed by atoms with van der Waals surface area (Å²) >= 11 is 0. The third kappa shape index (κ3) is 8.65. The molecule has 0 saturated heterocycles. The van der Waals surface area contributed by atoms with Crippen LogP contribution < -0.4 is 14.8 Å². The standard InChI is InChI=1S/C25H32N2O7/c1-25(2,3)34-23(29)26-19(22(28)31-6)14-18-12-13-20(21(15-18)33-24(30)27(4)5)32-16-17-10-8-7-9-11-17/h7-13,15,19H,14,16H2,1-6H3,(H,26,29). The van der Waals surface area contributed by atoms with Gasteiger partial charge in [-0.3, -0.25) is 0 Å². The number of benzene rings is 2. The molecule has 0 aromatic heterocycles. The third-order valence-corrected chi connectivity index (χ3v) is 4.42. The van der Waals surface area contributed by atoms with Crippen molar-refractivity contribution in [2.75, 3.05) is 21.2 Å². The SMILES string of the molecule is COC(=O)C(Cc1ccc(OCc2ccccc2)c(OC(=O)N(C)C)c1)NC(=O)OC(C)(C)C. The molecule has 9 nitrogen and oxygen atoms in total. The number of esters is 1. The monoisotopic (exact) mass is 472 g/mol. The van der Waals surface area contributed by atoms with E-state index < -0.39 is 29.8 Å². The van der Waals surface area contributed by atoms with E-state index in [9.17, 15) is 14.4 Å². The topological polar surface area (TPSA) is 103 Å². The number of nitrogens with one attached hydrogen (secondary N) is 1. The van der Waals surface area contributed by atoms with Crippen LogP contribution in [-0.4, -0.2) is 55.9 Å². The lowest BCUT2D eigenvalue weighted by molar-refractivity contribution is -0.143. The summed E-state index contributed by atoms with van der Waals surface area (Å²) in [6.45, 7) is 5.44. The molecule has 0 saturated carbocycles. The van der Waals surface area contributed by atoms with Crippen LogP contribution in [0.4, 0.5) is 9.59 Å². The number of hydrogen-bond donors (Lipinski definition) is 1. The first-order valence-electron chi connectivity index (χ1n) is 10.7. The molecule has 0 fully saturated rings. The smallest absolute Gasteiger partial charge is 0.414 e. The van der Waals surface area contributed by atoms with Gasteiger partial charge < -0.3 is 29.2 Å². The van der Waals surface area contributed by atoms with E-state index in [-0.39, 0.29) is 18.8 Å². The van der Waals surface area contributed by atoms with Gasteiger partial charge >= 0.3 is 18.2 Å². The predicted molar refractivity (Wildman–Crippen MR) is 126 cm³/mol. The van der Waals surface area contributed by atoms with E-state index in [1.807, 2.05) is 30.3 Å². The van der Waals surface area contributed by atoms with Gasteiger partial charge in [-0.25, -0.2) is 14.4 Å². The van der Waals surface area contributed by atoms with Crippen LogP contribution >= 0.6 is 0 Å². The Bertz CT molecular complexity index is 985. The van der Waals surface area contributed by atoms with Crippen molar-refractivity contribution in [2.24, 2.45) is 0 Å². The quantitative estimate of drug-likeness (QED) is 0.581. The zero-order valence-corrected chi connectivity index (χ0v) is 20.4. The summed E-state index contributed by atoms with van der Waals surface area (Å²) in [5.74, 6) is -0.0902. The molecular weight excluding hydrogens is 440 g/mol. The molecule has 1 N–H and O–H groups in total. The van der Waals surface area contributed by atoms with Crippen LogP contribution in [0.25, 0.3) is 0 Å². The molecule has 2 amide bonds. The summed E-state index contributed by atoms with van der Waals surface area (Å²) in [4.78, 5) is 38.0. The minimum absolute atomic E-state index is 0.0808. The van der Waals surface area contributed by atoms with Gasteiger partial charge in [0.15, 0.2) is 11.5 Å². The molecule has 1 atom stereocenters. The molecule has 0 bridgehead atoms. The van der Waals surface area contributed by atoms with E-state index in [2.05, 4.69) is 5.32 Å². The van der Waals surface area contributed by atoms with Crippen LogP contribution in [-0.2, 0) is 27.3 Å². The maximum Gasteiger partial charge on any atom is 0.414 e. The second kappa shape index (κ2) is 11.9. The first-order chi connectivity index (χ1) is 16.0. The highest BCUT2D eigenvalue weighted by Gasteiger charge is 2.26. The molecule has 0 aliphatic rings. The van der Waals surface area contributed by atoms with Crippen LogP contribution in [0.15, 0.2) is 48.5 Å². The normalized spacial score (nSPS) is 11.7. The van der Waals surface area contributed by atoms with E-state index in [1.54, 1.807) is 53.1 Å². The van der Waals surface area contributed by atoms with Crippen LogP contribution in [0, 0.1) is 0 Å². The van der Waals surface area contributed by atoms with Crippen molar-refractivity contribution in [3.8, 4) is 11.5 Å². The van der Waals surface area contributed by atoms with E-state index in [4.69, 9.17) is 18.9 Å². The van der Waals surface area contributed by atoms with Crippen molar-refractivity contribution in [3.05, 3.63) is 59.7 Å². The van der Waals surface area contributed by atoms with E-state index in [0.29, 0.717) is 11.3 Å². The Hall–Kier alpha value is -3.75. The van der Waals surface area contributed by atoms with E-state index in [1.165, 1.54) is 12.0 Å². The summed E-state index contributed by atoms with van der Waals surface area (Å²) in [5, 5.41) is 2.53. The van der Waals surface area contributed by atoms with Crippen molar-refractivity contribution in [1.29, 1.82) is 0 Å². The number of ether oxygens (including phenoxy) is 4. The number of carbonyl (C=O) groups excluding carboxylic acids is 3. The van der Waals surface area contributed by atoms with Gasteiger partial charge in [0.1, 0.15) is 18.2 Å². The number of nitrogens with zero attached hydrogens (tertiary/aromatic N) is 1. The number of carbonyl (C=O) groups is 3. The number of methoxy groups -OCH3 is 1. The fourth-order valence-corrected chi connectivity index (χ4v) is 2.82. The fraction of sp³-hybridized carbons (Fsp3) is 0.400. The third-order valence-electron chi connectivity index (χ3n) is 4.42. The lowest BCUT2D eigenvalue weighted by atomic mass is 10.1. The number of alkyl carbamates (subject to hydrolysis) is 1. The molecule has 2 rings (SSSR count). The molecule has 2 aromatic carbocycles. The molecule has 34 heavy (non-hydrogen) atoms. The molecule has 0 spiro atoms. The van der Waals surface area contributed by atoms with Gasteiger partial charge in [-0.05, 0) is 44.0 Å². The van der Waals surface area contributed by atoms with Crippen LogP contribution in [0.5, 0.6) is 11.5 Å². The van der Waals surface area contributed by atoms with Crippen molar-refractivity contribution < 1.29 is 33.3 Å². The highest BCUT2D eigenvalue weighted by molar-refractivity contribution is 5.81. The molecule has 2 aromatic rings. The lowest BCUT2D eigenvalue weighted by Gasteiger charge is -2.23. The fourth-order valence-electron chi connectivity index (χ4n) is 2.82. The van der Waals surface area contributed by atoms with Crippen molar-refractivity contribution in [3.63, 3.8) is 0 Å². The lowest BCUT2D eigenvalue weighted by Crippen LogP contribution is -2.45. The second-order valence-corrected chi connectivity index (χ2v) is 8.74. The number of rotatable bonds is 8. The molecule has 0 heterocycles. The second-order valence-electron chi connectivity index (χ2n) is 8.74. The molecule has 1 unspecified atom stereocenters. The van der Waals surface area contributed by atoms with Gasteiger partial charge in [-0.15, -0.1) is 0 Å². The van der Waals surface area contributed by atoms with Crippen LogP contribution in [0.1, 0.15) is 31.9 Å². The Kier molecular flexibility index (Phi) is 9.29. The van der Waals surface area contributed by atoms with Gasteiger partial charge in [0.05, 0.1) is 7.11 Å². The van der Waals surface area contributed by atoms with E-state index in [0.717, 1.165) is 5.56 Å². The predicted octanol–water partition coefficient (Wildman–Crippen LogP) is 3.93. The first kappa shape index (κ1) is 26.5.